The largest absolute Gasteiger partial charge is 0.478 e. The Bertz CT molecular complexity index is 1080. The third-order valence-corrected chi connectivity index (χ3v) is 7.23. The number of benzene rings is 1. The van der Waals surface area contributed by atoms with Gasteiger partial charge in [-0.2, -0.15) is 0 Å². The first kappa shape index (κ1) is 25.7. The van der Waals surface area contributed by atoms with E-state index >= 15 is 0 Å². The molecule has 2 N–H and O–H groups in total. The summed E-state index contributed by atoms with van der Waals surface area (Å²) in [4.78, 5) is 35.4. The fraction of sp³-hybridized carbons (Fsp3) is 0.464. The first-order valence-corrected chi connectivity index (χ1v) is 12.7. The third-order valence-electron chi connectivity index (χ3n) is 7.23. The Balaban J connectivity index is 1.51. The number of carboxylic acids is 1. The molecule has 0 radical (unpaired) electrons. The first-order valence-electron chi connectivity index (χ1n) is 12.7. The number of nitrogens with zero attached hydrogens (tertiary/aromatic N) is 4. The molecule has 1 atom stereocenters. The molecule has 2 aliphatic rings. The number of aliphatic hydroxyl groups excluding tert-OH is 1. The molecule has 36 heavy (non-hydrogen) atoms. The van der Waals surface area contributed by atoms with Gasteiger partial charge in [0.1, 0.15) is 5.82 Å². The van der Waals surface area contributed by atoms with E-state index in [0.29, 0.717) is 43.6 Å². The van der Waals surface area contributed by atoms with Crippen LogP contribution in [-0.4, -0.2) is 66.9 Å². The van der Waals surface area contributed by atoms with Crippen LogP contribution in [0.3, 0.4) is 0 Å². The van der Waals surface area contributed by atoms with Gasteiger partial charge in [0, 0.05) is 63.3 Å². The van der Waals surface area contributed by atoms with Crippen molar-refractivity contribution in [2.75, 3.05) is 48.4 Å². The van der Waals surface area contributed by atoms with Gasteiger partial charge in [-0.1, -0.05) is 0 Å². The molecule has 1 aliphatic heterocycles. The maximum absolute atomic E-state index is 13.7. The number of carbonyl (C=O) groups excluding carboxylic acids is 1. The van der Waals surface area contributed by atoms with E-state index in [9.17, 15) is 14.7 Å². The number of aliphatic hydroxyl groups is 1. The minimum absolute atomic E-state index is 0.0440. The summed E-state index contributed by atoms with van der Waals surface area (Å²) < 4.78 is 0. The fourth-order valence-electron chi connectivity index (χ4n) is 5.13. The van der Waals surface area contributed by atoms with Crippen LogP contribution in [0.25, 0.3) is 6.08 Å². The minimum atomic E-state index is -1.02. The fourth-order valence-corrected chi connectivity index (χ4v) is 5.13. The van der Waals surface area contributed by atoms with E-state index in [-0.39, 0.29) is 23.8 Å². The summed E-state index contributed by atoms with van der Waals surface area (Å²) in [7, 11) is 4.06. The van der Waals surface area contributed by atoms with Gasteiger partial charge in [-0.25, -0.2) is 9.78 Å². The lowest BCUT2D eigenvalue weighted by molar-refractivity contribution is -0.131. The van der Waals surface area contributed by atoms with Crippen molar-refractivity contribution in [2.45, 2.75) is 38.2 Å². The highest BCUT2D eigenvalue weighted by Crippen LogP contribution is 2.31. The van der Waals surface area contributed by atoms with E-state index < -0.39 is 5.97 Å². The quantitative estimate of drug-likeness (QED) is 0.543. The normalized spacial score (nSPS) is 22.1. The van der Waals surface area contributed by atoms with Crippen LogP contribution >= 0.6 is 0 Å². The van der Waals surface area contributed by atoms with Gasteiger partial charge in [0.05, 0.1) is 6.10 Å². The maximum Gasteiger partial charge on any atom is 0.328 e. The number of carboxylic acid groups (broad SMARTS) is 1. The molecule has 4 rings (SSSR count). The second kappa shape index (κ2) is 11.6. The zero-order valence-corrected chi connectivity index (χ0v) is 21.1. The standard InChI is InChI=1S/C28H36N4O4/c1-30(2)23-6-8-24(9-7-23)31-16-14-21(18-31)19-32(28(36)22-4-10-25(33)11-5-22)26-17-20(13-15-29-26)3-12-27(34)35/h3,6-9,12-13,15,17,21-22,25,33H,4-5,10-11,14,16,18-19H2,1-2H3,(H,34,35)/b12-3+. The summed E-state index contributed by atoms with van der Waals surface area (Å²) in [6.45, 7) is 2.34. The van der Waals surface area contributed by atoms with Crippen molar-refractivity contribution in [3.05, 3.63) is 54.2 Å². The summed E-state index contributed by atoms with van der Waals surface area (Å²) in [6.07, 6.45) is 7.49. The predicted molar refractivity (Wildman–Crippen MR) is 142 cm³/mol. The molecule has 0 spiro atoms. The van der Waals surface area contributed by atoms with Crippen LogP contribution in [0.2, 0.25) is 0 Å². The number of carbonyl (C=O) groups is 2. The lowest BCUT2D eigenvalue weighted by Gasteiger charge is -2.32. The Hall–Kier alpha value is -3.39. The molecular formula is C28H36N4O4. The molecule has 1 aromatic heterocycles. The molecule has 1 saturated heterocycles. The number of hydrogen-bond acceptors (Lipinski definition) is 6. The Morgan fingerprint density at radius 3 is 2.47 bits per heavy atom. The molecule has 1 amide bonds. The molecule has 2 aromatic rings. The van der Waals surface area contributed by atoms with Gasteiger partial charge in [0.2, 0.25) is 5.91 Å². The van der Waals surface area contributed by atoms with Gasteiger partial charge in [-0.15, -0.1) is 0 Å². The average Bonchev–Trinajstić information content (AvgIpc) is 3.35. The number of aromatic nitrogens is 1. The van der Waals surface area contributed by atoms with Crippen LogP contribution in [0.15, 0.2) is 48.7 Å². The summed E-state index contributed by atoms with van der Waals surface area (Å²) >= 11 is 0. The monoisotopic (exact) mass is 492 g/mol. The van der Waals surface area contributed by atoms with Gasteiger partial charge in [0.25, 0.3) is 0 Å². The second-order valence-electron chi connectivity index (χ2n) is 10.1. The zero-order chi connectivity index (χ0) is 25.7. The Morgan fingerprint density at radius 2 is 1.81 bits per heavy atom. The SMILES string of the molecule is CN(C)c1ccc(N2CCC(CN(C(=O)C3CCC(O)CC3)c3cc(/C=C/C(=O)O)ccn3)C2)cc1. The molecule has 8 nitrogen and oxygen atoms in total. The lowest BCUT2D eigenvalue weighted by atomic mass is 9.86. The summed E-state index contributed by atoms with van der Waals surface area (Å²) in [5, 5.41) is 18.9. The Kier molecular flexibility index (Phi) is 8.25. The molecule has 192 valence electrons. The van der Waals surface area contributed by atoms with E-state index in [1.165, 1.54) is 11.8 Å². The number of pyridine rings is 1. The summed E-state index contributed by atoms with van der Waals surface area (Å²) in [5.74, 6) is -0.275. The molecule has 8 heteroatoms. The molecule has 0 bridgehead atoms. The van der Waals surface area contributed by atoms with Crippen molar-refractivity contribution in [3.63, 3.8) is 0 Å². The lowest BCUT2D eigenvalue weighted by Crippen LogP contribution is -2.42. The minimum Gasteiger partial charge on any atom is -0.478 e. The number of rotatable bonds is 8. The smallest absolute Gasteiger partial charge is 0.328 e. The molecule has 1 saturated carbocycles. The zero-order valence-electron chi connectivity index (χ0n) is 21.1. The number of anilines is 3. The summed E-state index contributed by atoms with van der Waals surface area (Å²) in [5.41, 5.74) is 3.03. The van der Waals surface area contributed by atoms with E-state index in [1.807, 2.05) is 14.1 Å². The molecule has 2 heterocycles. The predicted octanol–water partition coefficient (Wildman–Crippen LogP) is 3.66. The third kappa shape index (κ3) is 6.43. The van der Waals surface area contributed by atoms with Gasteiger partial charge in [-0.3, -0.25) is 9.69 Å². The van der Waals surface area contributed by atoms with Crippen LogP contribution < -0.4 is 14.7 Å². The van der Waals surface area contributed by atoms with Crippen LogP contribution in [0.4, 0.5) is 17.2 Å². The van der Waals surface area contributed by atoms with Gasteiger partial charge in [0.15, 0.2) is 0 Å². The van der Waals surface area contributed by atoms with Crippen molar-refractivity contribution in [3.8, 4) is 0 Å². The first-order chi connectivity index (χ1) is 17.3. The van der Waals surface area contributed by atoms with Crippen LogP contribution in [0.5, 0.6) is 0 Å². The van der Waals surface area contributed by atoms with Crippen molar-refractivity contribution in [2.24, 2.45) is 11.8 Å². The highest BCUT2D eigenvalue weighted by atomic mass is 16.4. The van der Waals surface area contributed by atoms with Crippen LogP contribution in [-0.2, 0) is 9.59 Å². The average molecular weight is 493 g/mol. The van der Waals surface area contributed by atoms with Crippen molar-refractivity contribution in [1.29, 1.82) is 0 Å². The molecular weight excluding hydrogens is 456 g/mol. The Morgan fingerprint density at radius 1 is 1.08 bits per heavy atom. The number of hydrogen-bond donors (Lipinski definition) is 2. The topological polar surface area (TPSA) is 97.2 Å². The van der Waals surface area contributed by atoms with Crippen LogP contribution in [0.1, 0.15) is 37.7 Å². The highest BCUT2D eigenvalue weighted by molar-refractivity contribution is 5.94. The van der Waals surface area contributed by atoms with Crippen molar-refractivity contribution in [1.82, 2.24) is 4.98 Å². The maximum atomic E-state index is 13.7. The molecule has 2 fully saturated rings. The van der Waals surface area contributed by atoms with E-state index in [2.05, 4.69) is 39.0 Å². The van der Waals surface area contributed by atoms with Gasteiger partial charge in [-0.05, 0) is 86.1 Å². The second-order valence-corrected chi connectivity index (χ2v) is 10.1. The van der Waals surface area contributed by atoms with Crippen LogP contribution in [0, 0.1) is 11.8 Å². The van der Waals surface area contributed by atoms with E-state index in [1.54, 1.807) is 23.2 Å². The van der Waals surface area contributed by atoms with E-state index in [4.69, 9.17) is 5.11 Å². The highest BCUT2D eigenvalue weighted by Gasteiger charge is 2.33. The summed E-state index contributed by atoms with van der Waals surface area (Å²) in [6, 6.07) is 12.0. The van der Waals surface area contributed by atoms with Crippen molar-refractivity contribution >= 4 is 35.1 Å². The van der Waals surface area contributed by atoms with Crippen molar-refractivity contribution < 1.29 is 19.8 Å². The van der Waals surface area contributed by atoms with E-state index in [0.717, 1.165) is 31.3 Å². The Labute approximate surface area is 212 Å². The number of amides is 1. The molecule has 1 aromatic carbocycles. The van der Waals surface area contributed by atoms with Gasteiger partial charge < -0.3 is 20.0 Å². The van der Waals surface area contributed by atoms with Gasteiger partial charge >= 0.3 is 5.97 Å². The molecule has 1 unspecified atom stereocenters. The number of aliphatic carboxylic acids is 1. The molecule has 1 aliphatic carbocycles.